The van der Waals surface area contributed by atoms with Gasteiger partial charge in [0.2, 0.25) is 0 Å². The Bertz CT molecular complexity index is 597. The van der Waals surface area contributed by atoms with Crippen molar-refractivity contribution >= 4 is 19.5 Å². The first-order valence-corrected chi connectivity index (χ1v) is 8.87. The lowest BCUT2D eigenvalue weighted by Crippen LogP contribution is -2.56. The van der Waals surface area contributed by atoms with Gasteiger partial charge in [0, 0.05) is 0 Å². The number of carbonyl (C=O) groups excluding carboxylic acids is 2. The third-order valence-electron chi connectivity index (χ3n) is 3.05. The first kappa shape index (κ1) is 20.3. The van der Waals surface area contributed by atoms with Gasteiger partial charge >= 0.3 is 24.8 Å². The van der Waals surface area contributed by atoms with Gasteiger partial charge in [-0.3, -0.25) is 10.3 Å². The third-order valence-corrected chi connectivity index (χ3v) is 5.48. The van der Waals surface area contributed by atoms with E-state index in [1.807, 2.05) is 0 Å². The van der Waals surface area contributed by atoms with Gasteiger partial charge in [-0.1, -0.05) is 30.3 Å². The standard InChI is InChI=1S/C15H22NO7P/c1-4-22-24(19,23-5-2)15(16,13(17)20-3)14(18)21-11-12-9-7-6-8-10-12/h6-10H,4-5,11,16H2,1-3H3/t15-/m0/s1. The van der Waals surface area contributed by atoms with Gasteiger partial charge in [-0.15, -0.1) is 0 Å². The number of rotatable bonds is 9. The van der Waals surface area contributed by atoms with Gasteiger partial charge in [-0.2, -0.15) is 0 Å². The predicted octanol–water partition coefficient (Wildman–Crippen LogP) is 1.82. The summed E-state index contributed by atoms with van der Waals surface area (Å²) in [5.41, 5.74) is 6.52. The van der Waals surface area contributed by atoms with Gasteiger partial charge < -0.3 is 18.5 Å². The minimum Gasteiger partial charge on any atom is -0.467 e. The van der Waals surface area contributed by atoms with Crippen molar-refractivity contribution in [2.24, 2.45) is 5.73 Å². The van der Waals surface area contributed by atoms with Crippen molar-refractivity contribution in [2.45, 2.75) is 25.7 Å². The average molecular weight is 359 g/mol. The largest absolute Gasteiger partial charge is 0.467 e. The van der Waals surface area contributed by atoms with Crippen LogP contribution >= 0.6 is 7.60 Å². The zero-order valence-corrected chi connectivity index (χ0v) is 14.8. The van der Waals surface area contributed by atoms with Crippen LogP contribution in [0.1, 0.15) is 19.4 Å². The molecule has 0 unspecified atom stereocenters. The quantitative estimate of drug-likeness (QED) is 0.403. The predicted molar refractivity (Wildman–Crippen MR) is 86.0 cm³/mol. The molecule has 0 bridgehead atoms. The maximum absolute atomic E-state index is 12.9. The smallest absolute Gasteiger partial charge is 0.373 e. The molecule has 2 N–H and O–H groups in total. The molecule has 0 fully saturated rings. The van der Waals surface area contributed by atoms with Crippen molar-refractivity contribution in [1.29, 1.82) is 0 Å². The summed E-state index contributed by atoms with van der Waals surface area (Å²) in [6.07, 6.45) is 0. The summed E-state index contributed by atoms with van der Waals surface area (Å²) in [5.74, 6) is -2.51. The Balaban J connectivity index is 3.11. The lowest BCUT2D eigenvalue weighted by Gasteiger charge is -2.30. The molecule has 9 heteroatoms. The second kappa shape index (κ2) is 8.94. The number of methoxy groups -OCH3 is 1. The molecule has 0 spiro atoms. The average Bonchev–Trinajstić information content (AvgIpc) is 2.59. The normalized spacial score (nSPS) is 13.8. The van der Waals surface area contributed by atoms with E-state index < -0.39 is 24.8 Å². The van der Waals surface area contributed by atoms with Crippen molar-refractivity contribution in [1.82, 2.24) is 0 Å². The van der Waals surface area contributed by atoms with Gasteiger partial charge in [0.05, 0.1) is 20.3 Å². The van der Waals surface area contributed by atoms with E-state index in [1.54, 1.807) is 30.3 Å². The summed E-state index contributed by atoms with van der Waals surface area (Å²) >= 11 is 0. The topological polar surface area (TPSA) is 114 Å². The highest BCUT2D eigenvalue weighted by atomic mass is 31.2. The van der Waals surface area contributed by atoms with E-state index in [-0.39, 0.29) is 19.8 Å². The highest BCUT2D eigenvalue weighted by Crippen LogP contribution is 2.58. The maximum atomic E-state index is 12.9. The van der Waals surface area contributed by atoms with Crippen molar-refractivity contribution < 1.29 is 32.7 Å². The molecule has 1 rings (SSSR count). The molecular formula is C15H22NO7P. The summed E-state index contributed by atoms with van der Waals surface area (Å²) in [7, 11) is -3.35. The number of nitrogens with two attached hydrogens (primary N) is 1. The fraction of sp³-hybridized carbons (Fsp3) is 0.467. The molecular weight excluding hydrogens is 337 g/mol. The van der Waals surface area contributed by atoms with E-state index in [0.717, 1.165) is 7.11 Å². The van der Waals surface area contributed by atoms with Crippen molar-refractivity contribution in [3.8, 4) is 0 Å². The zero-order valence-electron chi connectivity index (χ0n) is 13.9. The van der Waals surface area contributed by atoms with Crippen LogP contribution in [-0.2, 0) is 39.3 Å². The number of carbonyl (C=O) groups is 2. The van der Waals surface area contributed by atoms with Crippen LogP contribution in [0.5, 0.6) is 0 Å². The summed E-state index contributed by atoms with van der Waals surface area (Å²) in [4.78, 5) is 24.6. The van der Waals surface area contributed by atoms with Crippen LogP contribution in [0.25, 0.3) is 0 Å². The molecule has 0 saturated carbocycles. The van der Waals surface area contributed by atoms with E-state index in [0.29, 0.717) is 5.56 Å². The third kappa shape index (κ3) is 4.21. The molecule has 0 aliphatic heterocycles. The van der Waals surface area contributed by atoms with E-state index in [4.69, 9.17) is 19.5 Å². The molecule has 0 radical (unpaired) electrons. The van der Waals surface area contributed by atoms with Crippen LogP contribution in [-0.4, -0.2) is 37.5 Å². The Morgan fingerprint density at radius 1 is 1.08 bits per heavy atom. The van der Waals surface area contributed by atoms with Crippen LogP contribution in [0.4, 0.5) is 0 Å². The molecule has 0 aliphatic carbocycles. The number of hydrogen-bond acceptors (Lipinski definition) is 8. The van der Waals surface area contributed by atoms with Crippen molar-refractivity contribution in [3.05, 3.63) is 35.9 Å². The zero-order chi connectivity index (χ0) is 18.2. The molecule has 1 aromatic carbocycles. The Kier molecular flexibility index (Phi) is 7.57. The van der Waals surface area contributed by atoms with Crippen LogP contribution < -0.4 is 5.73 Å². The van der Waals surface area contributed by atoms with E-state index in [2.05, 4.69) is 4.74 Å². The molecule has 134 valence electrons. The second-order valence-corrected chi connectivity index (χ2v) is 6.87. The number of hydrogen-bond donors (Lipinski definition) is 1. The molecule has 0 amide bonds. The van der Waals surface area contributed by atoms with Crippen molar-refractivity contribution in [3.63, 3.8) is 0 Å². The van der Waals surface area contributed by atoms with Crippen LogP contribution in [0.2, 0.25) is 0 Å². The summed E-state index contributed by atoms with van der Waals surface area (Å²) < 4.78 is 32.6. The minimum atomic E-state index is -4.36. The summed E-state index contributed by atoms with van der Waals surface area (Å²) in [6.45, 7) is 2.73. The Labute approximate surface area is 140 Å². The molecule has 24 heavy (non-hydrogen) atoms. The van der Waals surface area contributed by atoms with Gasteiger partial charge in [0.1, 0.15) is 6.61 Å². The molecule has 0 saturated heterocycles. The van der Waals surface area contributed by atoms with E-state index in [9.17, 15) is 14.2 Å². The van der Waals surface area contributed by atoms with Gasteiger partial charge in [-0.25, -0.2) is 9.59 Å². The fourth-order valence-electron chi connectivity index (χ4n) is 1.88. The van der Waals surface area contributed by atoms with Gasteiger partial charge in [0.25, 0.3) is 0 Å². The number of esters is 2. The minimum absolute atomic E-state index is 0.0841. The van der Waals surface area contributed by atoms with Crippen LogP contribution in [0.15, 0.2) is 30.3 Å². The number of ether oxygens (including phenoxy) is 2. The molecule has 1 aromatic rings. The molecule has 0 aromatic heterocycles. The second-order valence-electron chi connectivity index (χ2n) is 4.65. The Hall–Kier alpha value is -1.73. The van der Waals surface area contributed by atoms with Gasteiger partial charge in [0.15, 0.2) is 0 Å². The Morgan fingerprint density at radius 3 is 2.08 bits per heavy atom. The van der Waals surface area contributed by atoms with E-state index in [1.165, 1.54) is 13.8 Å². The van der Waals surface area contributed by atoms with Gasteiger partial charge in [-0.05, 0) is 19.4 Å². The molecule has 0 heterocycles. The SMILES string of the molecule is CCOP(=O)(OCC)[C@@](N)(C(=O)OC)C(=O)OCc1ccccc1. The first-order valence-electron chi connectivity index (χ1n) is 7.33. The molecule has 8 nitrogen and oxygen atoms in total. The fourth-order valence-corrected chi connectivity index (χ4v) is 3.64. The lowest BCUT2D eigenvalue weighted by molar-refractivity contribution is -0.159. The van der Waals surface area contributed by atoms with Crippen LogP contribution in [0, 0.1) is 0 Å². The highest BCUT2D eigenvalue weighted by Gasteiger charge is 2.63. The highest BCUT2D eigenvalue weighted by molar-refractivity contribution is 7.58. The lowest BCUT2D eigenvalue weighted by atomic mass is 10.2. The summed E-state index contributed by atoms with van der Waals surface area (Å²) in [6, 6.07) is 8.74. The van der Waals surface area contributed by atoms with Crippen molar-refractivity contribution in [2.75, 3.05) is 20.3 Å². The van der Waals surface area contributed by atoms with Crippen LogP contribution in [0.3, 0.4) is 0 Å². The molecule has 1 atom stereocenters. The Morgan fingerprint density at radius 2 is 1.62 bits per heavy atom. The number of benzene rings is 1. The first-order chi connectivity index (χ1) is 11.4. The molecule has 0 aliphatic rings. The summed E-state index contributed by atoms with van der Waals surface area (Å²) in [5, 5.41) is -2.71. The monoisotopic (exact) mass is 359 g/mol. The van der Waals surface area contributed by atoms with E-state index >= 15 is 0 Å². The maximum Gasteiger partial charge on any atom is 0.373 e.